The first-order valence-corrected chi connectivity index (χ1v) is 8.49. The van der Waals surface area contributed by atoms with Crippen molar-refractivity contribution in [3.05, 3.63) is 40.7 Å². The normalized spacial score (nSPS) is 14.8. The van der Waals surface area contributed by atoms with E-state index in [0.717, 1.165) is 11.1 Å². The Balaban J connectivity index is 1.70. The number of hydrogen-bond acceptors (Lipinski definition) is 7. The molecule has 1 aliphatic heterocycles. The second-order valence-electron chi connectivity index (χ2n) is 6.17. The second kappa shape index (κ2) is 7.96. The lowest BCUT2D eigenvalue weighted by atomic mass is 10.1. The number of carbonyl (C=O) groups is 2. The summed E-state index contributed by atoms with van der Waals surface area (Å²) in [6, 6.07) is 4.52. The largest absolute Gasteiger partial charge is 0.368 e. The average Bonchev–Trinajstić information content (AvgIpc) is 2.67. The van der Waals surface area contributed by atoms with E-state index in [0.29, 0.717) is 31.6 Å². The van der Waals surface area contributed by atoms with Crippen LogP contribution in [0.1, 0.15) is 0 Å². The number of piperazine rings is 1. The predicted molar refractivity (Wildman–Crippen MR) is 99.6 cm³/mol. The fraction of sp³-hybridized carbons (Fsp3) is 0.353. The molecular weight excluding hydrogens is 352 g/mol. The summed E-state index contributed by atoms with van der Waals surface area (Å²) in [4.78, 5) is 41.9. The molecule has 3 rings (SSSR count). The van der Waals surface area contributed by atoms with E-state index in [2.05, 4.69) is 20.5 Å². The molecule has 3 amide bonds. The Bertz CT molecular complexity index is 879. The van der Waals surface area contributed by atoms with Crippen molar-refractivity contribution in [1.82, 2.24) is 20.5 Å². The van der Waals surface area contributed by atoms with Crippen LogP contribution in [0, 0.1) is 10.1 Å². The van der Waals surface area contributed by atoms with Crippen molar-refractivity contribution in [2.24, 2.45) is 0 Å². The zero-order valence-corrected chi connectivity index (χ0v) is 14.8. The zero-order chi connectivity index (χ0) is 19.4. The second-order valence-corrected chi connectivity index (χ2v) is 6.17. The minimum absolute atomic E-state index is 0.0337. The van der Waals surface area contributed by atoms with Crippen molar-refractivity contribution >= 4 is 34.1 Å². The SMILES string of the molecule is CNC(=O)NC(=O)CN1CCN(c2ccc([N+](=O)[O-])c3cnccc23)CC1. The van der Waals surface area contributed by atoms with E-state index in [1.807, 2.05) is 4.90 Å². The van der Waals surface area contributed by atoms with Crippen LogP contribution < -0.4 is 15.5 Å². The minimum Gasteiger partial charge on any atom is -0.368 e. The highest BCUT2D eigenvalue weighted by Crippen LogP contribution is 2.33. The van der Waals surface area contributed by atoms with Crippen LogP contribution in [0.25, 0.3) is 10.8 Å². The number of non-ortho nitro benzene ring substituents is 1. The molecule has 2 heterocycles. The van der Waals surface area contributed by atoms with Crippen molar-refractivity contribution in [2.75, 3.05) is 44.7 Å². The van der Waals surface area contributed by atoms with Gasteiger partial charge < -0.3 is 10.2 Å². The molecular formula is C17H20N6O4. The van der Waals surface area contributed by atoms with Gasteiger partial charge in [0, 0.05) is 62.8 Å². The Morgan fingerprint density at radius 3 is 2.59 bits per heavy atom. The first-order chi connectivity index (χ1) is 13.0. The molecule has 1 saturated heterocycles. The number of pyridine rings is 1. The number of nitrogens with one attached hydrogen (secondary N) is 2. The van der Waals surface area contributed by atoms with E-state index < -0.39 is 11.0 Å². The summed E-state index contributed by atoms with van der Waals surface area (Å²) >= 11 is 0. The van der Waals surface area contributed by atoms with Crippen LogP contribution in [0.15, 0.2) is 30.6 Å². The molecule has 10 nitrogen and oxygen atoms in total. The molecule has 2 aromatic rings. The van der Waals surface area contributed by atoms with Gasteiger partial charge in [0.2, 0.25) is 5.91 Å². The van der Waals surface area contributed by atoms with Gasteiger partial charge in [-0.25, -0.2) is 4.79 Å². The summed E-state index contributed by atoms with van der Waals surface area (Å²) in [6.45, 7) is 2.77. The first-order valence-electron chi connectivity index (χ1n) is 8.49. The van der Waals surface area contributed by atoms with E-state index in [-0.39, 0.29) is 18.1 Å². The van der Waals surface area contributed by atoms with Crippen LogP contribution in [-0.4, -0.2) is 66.5 Å². The van der Waals surface area contributed by atoms with Crippen LogP contribution in [0.4, 0.5) is 16.2 Å². The molecule has 0 spiro atoms. The molecule has 2 N–H and O–H groups in total. The molecule has 142 valence electrons. The quantitative estimate of drug-likeness (QED) is 0.599. The smallest absolute Gasteiger partial charge is 0.321 e. The zero-order valence-electron chi connectivity index (χ0n) is 14.8. The number of hydrogen-bond donors (Lipinski definition) is 2. The number of amides is 3. The van der Waals surface area contributed by atoms with Gasteiger partial charge in [-0.15, -0.1) is 0 Å². The molecule has 0 bridgehead atoms. The Hall–Kier alpha value is -3.27. The van der Waals surface area contributed by atoms with Gasteiger partial charge in [0.05, 0.1) is 16.9 Å². The number of nitrogens with zero attached hydrogens (tertiary/aromatic N) is 4. The third kappa shape index (κ3) is 4.11. The summed E-state index contributed by atoms with van der Waals surface area (Å²) in [5.41, 5.74) is 0.943. The summed E-state index contributed by atoms with van der Waals surface area (Å²) in [6.07, 6.45) is 3.13. The minimum atomic E-state index is -0.524. The summed E-state index contributed by atoms with van der Waals surface area (Å²) in [5, 5.41) is 17.1. The highest BCUT2D eigenvalue weighted by atomic mass is 16.6. The van der Waals surface area contributed by atoms with E-state index in [9.17, 15) is 19.7 Å². The maximum absolute atomic E-state index is 11.8. The number of rotatable bonds is 4. The molecule has 0 saturated carbocycles. The van der Waals surface area contributed by atoms with E-state index in [1.54, 1.807) is 18.3 Å². The van der Waals surface area contributed by atoms with Crippen molar-refractivity contribution in [1.29, 1.82) is 0 Å². The highest BCUT2D eigenvalue weighted by molar-refractivity contribution is 5.99. The number of aromatic nitrogens is 1. The van der Waals surface area contributed by atoms with Crippen LogP contribution in [0.5, 0.6) is 0 Å². The molecule has 1 aliphatic rings. The lowest BCUT2D eigenvalue weighted by molar-refractivity contribution is -0.383. The number of anilines is 1. The first kappa shape index (κ1) is 18.5. The standard InChI is InChI=1S/C17H20N6O4/c1-18-17(25)20-16(24)11-21-6-8-22(9-7-21)14-2-3-15(23(26)27)13-10-19-5-4-12(13)14/h2-5,10H,6-9,11H2,1H3,(H2,18,20,24,25). The number of nitro benzene ring substituents is 1. The molecule has 27 heavy (non-hydrogen) atoms. The topological polar surface area (TPSA) is 121 Å². The number of imide groups is 1. The average molecular weight is 372 g/mol. The highest BCUT2D eigenvalue weighted by Gasteiger charge is 2.23. The third-order valence-electron chi connectivity index (χ3n) is 4.53. The molecule has 0 radical (unpaired) electrons. The van der Waals surface area contributed by atoms with Crippen LogP contribution in [-0.2, 0) is 4.79 Å². The molecule has 0 atom stereocenters. The fourth-order valence-corrected chi connectivity index (χ4v) is 3.17. The van der Waals surface area contributed by atoms with Crippen LogP contribution >= 0.6 is 0 Å². The van der Waals surface area contributed by atoms with Gasteiger partial charge in [-0.05, 0) is 12.1 Å². The number of fused-ring (bicyclic) bond motifs is 1. The third-order valence-corrected chi connectivity index (χ3v) is 4.53. The molecule has 0 unspecified atom stereocenters. The molecule has 1 aromatic carbocycles. The van der Waals surface area contributed by atoms with Gasteiger partial charge in [0.1, 0.15) is 0 Å². The Morgan fingerprint density at radius 1 is 1.19 bits per heavy atom. The number of nitro groups is 1. The molecule has 1 fully saturated rings. The Morgan fingerprint density at radius 2 is 1.93 bits per heavy atom. The monoisotopic (exact) mass is 372 g/mol. The predicted octanol–water partition coefficient (Wildman–Crippen LogP) is 0.721. The van der Waals surface area contributed by atoms with Crippen LogP contribution in [0.2, 0.25) is 0 Å². The maximum atomic E-state index is 11.8. The maximum Gasteiger partial charge on any atom is 0.321 e. The van der Waals surface area contributed by atoms with Crippen molar-refractivity contribution in [3.63, 3.8) is 0 Å². The molecule has 10 heteroatoms. The summed E-state index contributed by atoms with van der Waals surface area (Å²) in [7, 11) is 1.45. The number of urea groups is 1. The Labute approximate surface area is 155 Å². The van der Waals surface area contributed by atoms with E-state index in [4.69, 9.17) is 0 Å². The lowest BCUT2D eigenvalue weighted by Crippen LogP contribution is -2.50. The van der Waals surface area contributed by atoms with Crippen molar-refractivity contribution < 1.29 is 14.5 Å². The molecule has 1 aromatic heterocycles. The van der Waals surface area contributed by atoms with Gasteiger partial charge in [0.15, 0.2) is 0 Å². The van der Waals surface area contributed by atoms with Gasteiger partial charge in [-0.1, -0.05) is 0 Å². The van der Waals surface area contributed by atoms with Crippen molar-refractivity contribution in [3.8, 4) is 0 Å². The Kier molecular flexibility index (Phi) is 5.46. The van der Waals surface area contributed by atoms with Gasteiger partial charge in [-0.2, -0.15) is 0 Å². The number of benzene rings is 1. The summed E-state index contributed by atoms with van der Waals surface area (Å²) < 4.78 is 0. The fourth-order valence-electron chi connectivity index (χ4n) is 3.17. The summed E-state index contributed by atoms with van der Waals surface area (Å²) in [5.74, 6) is -0.352. The molecule has 0 aliphatic carbocycles. The van der Waals surface area contributed by atoms with E-state index in [1.165, 1.54) is 19.3 Å². The van der Waals surface area contributed by atoms with Gasteiger partial charge in [0.25, 0.3) is 5.69 Å². The van der Waals surface area contributed by atoms with Crippen molar-refractivity contribution in [2.45, 2.75) is 0 Å². The lowest BCUT2D eigenvalue weighted by Gasteiger charge is -2.36. The van der Waals surface area contributed by atoms with Gasteiger partial charge >= 0.3 is 6.03 Å². The van der Waals surface area contributed by atoms with E-state index >= 15 is 0 Å². The number of carbonyl (C=O) groups excluding carboxylic acids is 2. The van der Waals surface area contributed by atoms with Crippen LogP contribution in [0.3, 0.4) is 0 Å². The van der Waals surface area contributed by atoms with Gasteiger partial charge in [-0.3, -0.25) is 30.1 Å².